The van der Waals surface area contributed by atoms with Crippen LogP contribution in [-0.2, 0) is 6.61 Å². The van der Waals surface area contributed by atoms with E-state index in [4.69, 9.17) is 27.9 Å². The van der Waals surface area contributed by atoms with E-state index in [1.54, 1.807) is 24.5 Å². The number of nitrogens with zero attached hydrogens (tertiary/aromatic N) is 3. The van der Waals surface area contributed by atoms with E-state index < -0.39 is 0 Å². The fourth-order valence-corrected chi connectivity index (χ4v) is 3.26. The molecule has 1 aromatic heterocycles. The SMILES string of the molecule is C[C@H]1CCCCN1c1ncc(OCc2c(Cl)cccc2Cl)cn1. The monoisotopic (exact) mass is 351 g/mol. The summed E-state index contributed by atoms with van der Waals surface area (Å²) in [5.74, 6) is 1.37. The maximum absolute atomic E-state index is 6.14. The number of halogens is 2. The number of aromatic nitrogens is 2. The van der Waals surface area contributed by atoms with E-state index in [0.717, 1.165) is 18.1 Å². The third kappa shape index (κ3) is 3.88. The number of hydrogen-bond acceptors (Lipinski definition) is 4. The van der Waals surface area contributed by atoms with Gasteiger partial charge in [-0.1, -0.05) is 29.3 Å². The number of rotatable bonds is 4. The Labute approximate surface area is 146 Å². The zero-order chi connectivity index (χ0) is 16.2. The van der Waals surface area contributed by atoms with Crippen molar-refractivity contribution >= 4 is 29.2 Å². The van der Waals surface area contributed by atoms with Crippen molar-refractivity contribution in [1.82, 2.24) is 9.97 Å². The molecule has 1 aromatic carbocycles. The normalized spacial score (nSPS) is 18.0. The van der Waals surface area contributed by atoms with Gasteiger partial charge in [-0.15, -0.1) is 0 Å². The van der Waals surface area contributed by atoms with Gasteiger partial charge in [0.2, 0.25) is 5.95 Å². The summed E-state index contributed by atoms with van der Waals surface area (Å²) in [6.07, 6.45) is 7.06. The predicted molar refractivity (Wildman–Crippen MR) is 93.5 cm³/mol. The highest BCUT2D eigenvalue weighted by Crippen LogP contribution is 2.26. The van der Waals surface area contributed by atoms with E-state index in [9.17, 15) is 0 Å². The Kier molecular flexibility index (Phi) is 5.23. The Morgan fingerprint density at radius 1 is 1.17 bits per heavy atom. The van der Waals surface area contributed by atoms with Gasteiger partial charge in [0.05, 0.1) is 12.4 Å². The van der Waals surface area contributed by atoms with Gasteiger partial charge in [-0.05, 0) is 38.3 Å². The summed E-state index contributed by atoms with van der Waals surface area (Å²) in [5.41, 5.74) is 0.768. The number of anilines is 1. The molecule has 0 bridgehead atoms. The van der Waals surface area contributed by atoms with Crippen LogP contribution in [0.1, 0.15) is 31.7 Å². The van der Waals surface area contributed by atoms with Crippen LogP contribution in [0.25, 0.3) is 0 Å². The van der Waals surface area contributed by atoms with Crippen molar-refractivity contribution in [3.8, 4) is 5.75 Å². The number of ether oxygens (including phenoxy) is 1. The molecular formula is C17H19Cl2N3O. The maximum Gasteiger partial charge on any atom is 0.225 e. The lowest BCUT2D eigenvalue weighted by Crippen LogP contribution is -2.38. The number of benzene rings is 1. The van der Waals surface area contributed by atoms with Crippen molar-refractivity contribution in [2.75, 3.05) is 11.4 Å². The van der Waals surface area contributed by atoms with Gasteiger partial charge in [-0.25, -0.2) is 9.97 Å². The van der Waals surface area contributed by atoms with Gasteiger partial charge in [-0.2, -0.15) is 0 Å². The second kappa shape index (κ2) is 7.37. The van der Waals surface area contributed by atoms with Crippen molar-refractivity contribution < 1.29 is 4.74 Å². The molecule has 122 valence electrons. The highest BCUT2D eigenvalue weighted by atomic mass is 35.5. The molecule has 0 spiro atoms. The van der Waals surface area contributed by atoms with Crippen LogP contribution >= 0.6 is 23.2 Å². The minimum absolute atomic E-state index is 0.293. The lowest BCUT2D eigenvalue weighted by molar-refractivity contribution is 0.303. The van der Waals surface area contributed by atoms with Crippen LogP contribution in [0, 0.1) is 0 Å². The molecule has 1 saturated heterocycles. The zero-order valence-electron chi connectivity index (χ0n) is 13.0. The van der Waals surface area contributed by atoms with Crippen LogP contribution in [0.4, 0.5) is 5.95 Å². The summed E-state index contributed by atoms with van der Waals surface area (Å²) >= 11 is 12.3. The molecule has 0 amide bonds. The summed E-state index contributed by atoms with van der Waals surface area (Å²) in [5, 5.41) is 1.19. The van der Waals surface area contributed by atoms with E-state index in [1.807, 2.05) is 6.07 Å². The molecule has 4 nitrogen and oxygen atoms in total. The minimum atomic E-state index is 0.293. The second-order valence-corrected chi connectivity index (χ2v) is 6.56. The van der Waals surface area contributed by atoms with E-state index in [1.165, 1.54) is 19.3 Å². The van der Waals surface area contributed by atoms with Crippen molar-refractivity contribution in [2.24, 2.45) is 0 Å². The Bertz CT molecular complexity index is 643. The van der Waals surface area contributed by atoms with Crippen molar-refractivity contribution in [3.63, 3.8) is 0 Å². The van der Waals surface area contributed by atoms with Crippen molar-refractivity contribution in [2.45, 2.75) is 38.8 Å². The number of piperidine rings is 1. The fourth-order valence-electron chi connectivity index (χ4n) is 2.75. The second-order valence-electron chi connectivity index (χ2n) is 5.75. The average molecular weight is 352 g/mol. The van der Waals surface area contributed by atoms with E-state index in [2.05, 4.69) is 21.8 Å². The first-order chi connectivity index (χ1) is 11.1. The molecule has 0 unspecified atom stereocenters. The largest absolute Gasteiger partial charge is 0.486 e. The quantitative estimate of drug-likeness (QED) is 0.797. The van der Waals surface area contributed by atoms with Gasteiger partial charge in [0, 0.05) is 28.2 Å². The standard InChI is InChI=1S/C17H19Cl2N3O/c1-12-5-2-3-8-22(12)17-20-9-13(10-21-17)23-11-14-15(18)6-4-7-16(14)19/h4,6-7,9-10,12H,2-3,5,8,11H2,1H3/t12-/m0/s1. The van der Waals surface area contributed by atoms with Gasteiger partial charge >= 0.3 is 0 Å². The van der Waals surface area contributed by atoms with Gasteiger partial charge in [0.25, 0.3) is 0 Å². The Morgan fingerprint density at radius 2 is 1.87 bits per heavy atom. The van der Waals surface area contributed by atoms with Gasteiger partial charge in [0.15, 0.2) is 5.75 Å². The summed E-state index contributed by atoms with van der Waals surface area (Å²) in [6.45, 7) is 3.52. The van der Waals surface area contributed by atoms with E-state index >= 15 is 0 Å². The van der Waals surface area contributed by atoms with Crippen molar-refractivity contribution in [1.29, 1.82) is 0 Å². The molecule has 2 aromatic rings. The summed E-state index contributed by atoms with van der Waals surface area (Å²) in [4.78, 5) is 11.1. The van der Waals surface area contributed by atoms with E-state index in [-0.39, 0.29) is 0 Å². The molecule has 1 atom stereocenters. The van der Waals surface area contributed by atoms with E-state index in [0.29, 0.717) is 28.4 Å². The molecule has 1 aliphatic heterocycles. The first-order valence-corrected chi connectivity index (χ1v) is 8.55. The molecule has 1 aliphatic rings. The molecule has 1 fully saturated rings. The molecule has 0 radical (unpaired) electrons. The summed E-state index contributed by atoms with van der Waals surface area (Å²) < 4.78 is 5.71. The molecule has 0 aliphatic carbocycles. The molecule has 0 saturated carbocycles. The maximum atomic E-state index is 6.14. The number of hydrogen-bond donors (Lipinski definition) is 0. The highest BCUT2D eigenvalue weighted by molar-refractivity contribution is 6.35. The molecule has 2 heterocycles. The molecular weight excluding hydrogens is 333 g/mol. The molecule has 3 rings (SSSR count). The fraction of sp³-hybridized carbons (Fsp3) is 0.412. The van der Waals surface area contributed by atoms with Gasteiger partial charge in [-0.3, -0.25) is 0 Å². The van der Waals surface area contributed by atoms with Gasteiger partial charge in [0.1, 0.15) is 6.61 Å². The zero-order valence-corrected chi connectivity index (χ0v) is 14.5. The van der Waals surface area contributed by atoms with Crippen LogP contribution in [0.2, 0.25) is 10.0 Å². The first-order valence-electron chi connectivity index (χ1n) is 7.79. The predicted octanol–water partition coefficient (Wildman–Crippen LogP) is 4.74. The topological polar surface area (TPSA) is 38.2 Å². The smallest absolute Gasteiger partial charge is 0.225 e. The Hall–Kier alpha value is -1.52. The van der Waals surface area contributed by atoms with Crippen LogP contribution < -0.4 is 9.64 Å². The molecule has 0 N–H and O–H groups in total. The van der Waals surface area contributed by atoms with Crippen LogP contribution in [0.5, 0.6) is 5.75 Å². The average Bonchev–Trinajstić information content (AvgIpc) is 2.56. The summed E-state index contributed by atoms with van der Waals surface area (Å²) in [6, 6.07) is 5.89. The lowest BCUT2D eigenvalue weighted by atomic mass is 10.0. The highest BCUT2D eigenvalue weighted by Gasteiger charge is 2.20. The minimum Gasteiger partial charge on any atom is -0.486 e. The molecule has 23 heavy (non-hydrogen) atoms. The Balaban J connectivity index is 1.66. The summed E-state index contributed by atoms with van der Waals surface area (Å²) in [7, 11) is 0. The third-order valence-electron chi connectivity index (χ3n) is 4.12. The first kappa shape index (κ1) is 16.3. The third-order valence-corrected chi connectivity index (χ3v) is 4.83. The Morgan fingerprint density at radius 3 is 2.52 bits per heavy atom. The van der Waals surface area contributed by atoms with Gasteiger partial charge < -0.3 is 9.64 Å². The van der Waals surface area contributed by atoms with Crippen molar-refractivity contribution in [3.05, 3.63) is 46.2 Å². The van der Waals surface area contributed by atoms with Crippen LogP contribution in [0.3, 0.4) is 0 Å². The molecule has 6 heteroatoms. The lowest BCUT2D eigenvalue weighted by Gasteiger charge is -2.33. The van der Waals surface area contributed by atoms with Crippen LogP contribution in [0.15, 0.2) is 30.6 Å². The van der Waals surface area contributed by atoms with Crippen LogP contribution in [-0.4, -0.2) is 22.6 Å².